The number of rotatable bonds is 4. The van der Waals surface area contributed by atoms with Gasteiger partial charge in [0.1, 0.15) is 5.82 Å². The van der Waals surface area contributed by atoms with Gasteiger partial charge in [0.2, 0.25) is 0 Å². The molecule has 0 radical (unpaired) electrons. The van der Waals surface area contributed by atoms with Gasteiger partial charge in [0.25, 0.3) is 0 Å². The Bertz CT molecular complexity index is 1050. The number of nitrogens with two attached hydrogens (primary N) is 1. The predicted octanol–water partition coefficient (Wildman–Crippen LogP) is 3.60. The lowest BCUT2D eigenvalue weighted by molar-refractivity contribution is 0.770. The number of nitrogens with zero attached hydrogens (tertiary/aromatic N) is 4. The zero-order chi connectivity index (χ0) is 17.4. The number of hydrogen-bond donors (Lipinski definition) is 2. The minimum Gasteiger partial charge on any atom is -0.325 e. The van der Waals surface area contributed by atoms with Crippen molar-refractivity contribution in [3.8, 4) is 11.1 Å². The van der Waals surface area contributed by atoms with Crippen LogP contribution in [0.3, 0.4) is 0 Å². The second-order valence-corrected chi connectivity index (χ2v) is 6.80. The first-order valence-corrected chi connectivity index (χ1v) is 8.83. The van der Waals surface area contributed by atoms with Crippen LogP contribution in [0, 0.1) is 6.92 Å². The van der Waals surface area contributed by atoms with Gasteiger partial charge < -0.3 is 11.1 Å². The maximum Gasteiger partial charge on any atom is 0.156 e. The summed E-state index contributed by atoms with van der Waals surface area (Å²) >= 11 is 1.68. The SMILES string of the molecule is Cc1cn(C)nc1Nc1ccc2scc(-c3ccnc(CN)c3)c2n1. The van der Waals surface area contributed by atoms with E-state index in [9.17, 15) is 0 Å². The van der Waals surface area contributed by atoms with Gasteiger partial charge in [-0.2, -0.15) is 5.10 Å². The smallest absolute Gasteiger partial charge is 0.156 e. The quantitative estimate of drug-likeness (QED) is 0.588. The van der Waals surface area contributed by atoms with Crippen molar-refractivity contribution in [3.63, 3.8) is 0 Å². The second-order valence-electron chi connectivity index (χ2n) is 5.89. The van der Waals surface area contributed by atoms with Crippen molar-refractivity contribution in [2.45, 2.75) is 13.5 Å². The van der Waals surface area contributed by atoms with Gasteiger partial charge in [-0.3, -0.25) is 9.67 Å². The molecule has 0 saturated carbocycles. The normalized spacial score (nSPS) is 11.2. The summed E-state index contributed by atoms with van der Waals surface area (Å²) in [6.45, 7) is 2.45. The Hall–Kier alpha value is -2.77. The third kappa shape index (κ3) is 2.99. The average Bonchev–Trinajstić information content (AvgIpc) is 3.17. The van der Waals surface area contributed by atoms with Crippen LogP contribution in [0.15, 0.2) is 42.0 Å². The molecular formula is C18H18N6S. The van der Waals surface area contributed by atoms with Crippen molar-refractivity contribution in [3.05, 3.63) is 53.3 Å². The summed E-state index contributed by atoms with van der Waals surface area (Å²) in [5.41, 5.74) is 10.8. The van der Waals surface area contributed by atoms with Crippen molar-refractivity contribution in [2.24, 2.45) is 12.8 Å². The molecule has 0 aliphatic rings. The zero-order valence-electron chi connectivity index (χ0n) is 14.0. The number of thiophene rings is 1. The number of pyridine rings is 2. The van der Waals surface area contributed by atoms with Gasteiger partial charge in [-0.15, -0.1) is 11.3 Å². The molecule has 0 aromatic carbocycles. The Morgan fingerprint density at radius 3 is 2.92 bits per heavy atom. The monoisotopic (exact) mass is 350 g/mol. The molecule has 4 aromatic rings. The fourth-order valence-corrected chi connectivity index (χ4v) is 3.70. The van der Waals surface area contributed by atoms with Crippen LogP contribution in [0.1, 0.15) is 11.3 Å². The lowest BCUT2D eigenvalue weighted by Gasteiger charge is -2.05. The topological polar surface area (TPSA) is 81.7 Å². The van der Waals surface area contributed by atoms with Crippen molar-refractivity contribution < 1.29 is 0 Å². The van der Waals surface area contributed by atoms with Crippen LogP contribution < -0.4 is 11.1 Å². The van der Waals surface area contributed by atoms with Crippen molar-refractivity contribution in [2.75, 3.05) is 5.32 Å². The van der Waals surface area contributed by atoms with E-state index in [1.165, 1.54) is 0 Å². The van der Waals surface area contributed by atoms with Gasteiger partial charge >= 0.3 is 0 Å². The van der Waals surface area contributed by atoms with Gasteiger partial charge in [0.05, 0.1) is 15.9 Å². The molecule has 0 aliphatic heterocycles. The van der Waals surface area contributed by atoms with E-state index >= 15 is 0 Å². The van der Waals surface area contributed by atoms with E-state index in [1.54, 1.807) is 22.2 Å². The summed E-state index contributed by atoms with van der Waals surface area (Å²) in [6, 6.07) is 8.08. The number of anilines is 2. The summed E-state index contributed by atoms with van der Waals surface area (Å²) in [6.07, 6.45) is 3.77. The molecule has 0 atom stereocenters. The molecule has 126 valence electrons. The first-order valence-electron chi connectivity index (χ1n) is 7.95. The highest BCUT2D eigenvalue weighted by atomic mass is 32.1. The summed E-state index contributed by atoms with van der Waals surface area (Å²) in [7, 11) is 1.91. The Morgan fingerprint density at radius 1 is 1.28 bits per heavy atom. The molecule has 4 rings (SSSR count). The van der Waals surface area contributed by atoms with E-state index in [0.29, 0.717) is 6.54 Å². The molecule has 4 aromatic heterocycles. The first-order chi connectivity index (χ1) is 12.1. The van der Waals surface area contributed by atoms with E-state index in [2.05, 4.69) is 26.8 Å². The van der Waals surface area contributed by atoms with Crippen LogP contribution in [0.4, 0.5) is 11.6 Å². The highest BCUT2D eigenvalue weighted by Gasteiger charge is 2.11. The van der Waals surface area contributed by atoms with E-state index < -0.39 is 0 Å². The van der Waals surface area contributed by atoms with Gasteiger partial charge in [-0.25, -0.2) is 4.98 Å². The van der Waals surface area contributed by atoms with Gasteiger partial charge in [-0.1, -0.05) is 0 Å². The molecular weight excluding hydrogens is 332 g/mol. The van der Waals surface area contributed by atoms with Gasteiger partial charge in [0, 0.05) is 42.5 Å². The Morgan fingerprint density at radius 2 is 2.16 bits per heavy atom. The predicted molar refractivity (Wildman–Crippen MR) is 102 cm³/mol. The second kappa shape index (κ2) is 6.27. The van der Waals surface area contributed by atoms with Crippen molar-refractivity contribution in [1.29, 1.82) is 0 Å². The van der Waals surface area contributed by atoms with Crippen molar-refractivity contribution >= 4 is 33.2 Å². The molecule has 0 bridgehead atoms. The van der Waals surface area contributed by atoms with E-state index in [4.69, 9.17) is 10.7 Å². The van der Waals surface area contributed by atoms with Crippen LogP contribution in [-0.2, 0) is 13.6 Å². The van der Waals surface area contributed by atoms with E-state index in [1.807, 2.05) is 38.4 Å². The fourth-order valence-electron chi connectivity index (χ4n) is 2.80. The van der Waals surface area contributed by atoms with E-state index in [-0.39, 0.29) is 0 Å². The molecule has 0 aliphatic carbocycles. The lowest BCUT2D eigenvalue weighted by atomic mass is 10.1. The molecule has 0 fully saturated rings. The standard InChI is InChI=1S/C18H18N6S/c1-11-9-24(2)23-18(11)22-16-4-3-15-17(21-16)14(10-25-15)12-5-6-20-13(7-12)8-19/h3-7,9-10H,8,19H2,1-2H3,(H,21,22,23). The third-order valence-electron chi connectivity index (χ3n) is 4.01. The Labute approximate surface area is 149 Å². The summed E-state index contributed by atoms with van der Waals surface area (Å²) in [5.74, 6) is 1.60. The lowest BCUT2D eigenvalue weighted by Crippen LogP contribution is -1.99. The maximum absolute atomic E-state index is 5.72. The molecule has 25 heavy (non-hydrogen) atoms. The number of aromatic nitrogens is 4. The maximum atomic E-state index is 5.72. The van der Waals surface area contributed by atoms with Gasteiger partial charge in [-0.05, 0) is 36.8 Å². The van der Waals surface area contributed by atoms with Crippen molar-refractivity contribution in [1.82, 2.24) is 19.7 Å². The summed E-state index contributed by atoms with van der Waals surface area (Å²) < 4.78 is 2.93. The molecule has 7 heteroatoms. The molecule has 0 unspecified atom stereocenters. The highest BCUT2D eigenvalue weighted by molar-refractivity contribution is 7.17. The molecule has 0 spiro atoms. The van der Waals surface area contributed by atoms with Gasteiger partial charge in [0.15, 0.2) is 5.82 Å². The van der Waals surface area contributed by atoms with E-state index in [0.717, 1.165) is 44.2 Å². The van der Waals surface area contributed by atoms with Crippen LogP contribution in [-0.4, -0.2) is 19.7 Å². The highest BCUT2D eigenvalue weighted by Crippen LogP contribution is 2.34. The number of fused-ring (bicyclic) bond motifs is 1. The first kappa shape index (κ1) is 15.7. The van der Waals surface area contributed by atoms with Crippen LogP contribution in [0.25, 0.3) is 21.3 Å². The molecule has 3 N–H and O–H groups in total. The molecule has 4 heterocycles. The average molecular weight is 350 g/mol. The molecule has 0 amide bonds. The zero-order valence-corrected chi connectivity index (χ0v) is 14.8. The minimum atomic E-state index is 0.426. The summed E-state index contributed by atoms with van der Waals surface area (Å²) in [4.78, 5) is 9.08. The third-order valence-corrected chi connectivity index (χ3v) is 4.95. The van der Waals surface area contributed by atoms with Crippen LogP contribution in [0.2, 0.25) is 0 Å². The number of aryl methyl sites for hydroxylation is 2. The Balaban J connectivity index is 1.76. The molecule has 0 saturated heterocycles. The van der Waals surface area contributed by atoms with Crippen LogP contribution >= 0.6 is 11.3 Å². The minimum absolute atomic E-state index is 0.426. The van der Waals surface area contributed by atoms with Crippen LogP contribution in [0.5, 0.6) is 0 Å². The fraction of sp³-hybridized carbons (Fsp3) is 0.167. The number of nitrogens with one attached hydrogen (secondary N) is 1. The summed E-state index contributed by atoms with van der Waals surface area (Å²) in [5, 5.41) is 9.86. The molecule has 6 nitrogen and oxygen atoms in total. The number of hydrogen-bond acceptors (Lipinski definition) is 6. The largest absolute Gasteiger partial charge is 0.325 e. The Kier molecular flexibility index (Phi) is 3.95.